The number of aliphatic hydroxyl groups excluding tert-OH is 1. The van der Waals surface area contributed by atoms with Crippen molar-refractivity contribution in [3.8, 4) is 0 Å². The zero-order valence-corrected chi connectivity index (χ0v) is 24.6. The lowest BCUT2D eigenvalue weighted by atomic mass is 9.42. The van der Waals surface area contributed by atoms with Gasteiger partial charge < -0.3 is 5.11 Å². The number of fused-ring (bicyclic) bond motifs is 5. The Bertz CT molecular complexity index is 878. The molecule has 4 aliphatic carbocycles. The van der Waals surface area contributed by atoms with Crippen molar-refractivity contribution < 1.29 is 5.11 Å². The van der Waals surface area contributed by atoms with E-state index in [1.807, 2.05) is 12.1 Å². The molecule has 0 aromatic heterocycles. The van der Waals surface area contributed by atoms with Crippen molar-refractivity contribution in [1.29, 1.82) is 0 Å². The van der Waals surface area contributed by atoms with Crippen molar-refractivity contribution in [2.75, 3.05) is 0 Å². The van der Waals surface area contributed by atoms with E-state index in [2.05, 4.69) is 46.8 Å². The standard InChI is InChI=1S/C34H53ClO/c1-22(2)7-6-8-23(3)28-15-16-29-26-13-14-30-27(21-24-9-11-25(35)12-10-24)32(36)18-20-34(30,5)31(26)17-19-33(28,29)4/h9-12,22-23,26-32,36H,6-8,13-21H2,1-5H3/t23-,26+,27+,28-,29+,30+,31+,32+,33-,34+/m1/s1. The van der Waals surface area contributed by atoms with Gasteiger partial charge in [-0.3, -0.25) is 0 Å². The summed E-state index contributed by atoms with van der Waals surface area (Å²) < 4.78 is 0. The molecule has 0 saturated heterocycles. The van der Waals surface area contributed by atoms with E-state index in [1.165, 1.54) is 69.8 Å². The van der Waals surface area contributed by atoms with Crippen LogP contribution in [0.1, 0.15) is 111 Å². The summed E-state index contributed by atoms with van der Waals surface area (Å²) in [6.45, 7) is 12.7. The van der Waals surface area contributed by atoms with Crippen LogP contribution in [-0.4, -0.2) is 11.2 Å². The molecule has 202 valence electrons. The fourth-order valence-corrected chi connectivity index (χ4v) is 10.8. The van der Waals surface area contributed by atoms with Gasteiger partial charge in [0.15, 0.2) is 0 Å². The van der Waals surface area contributed by atoms with E-state index in [-0.39, 0.29) is 6.10 Å². The van der Waals surface area contributed by atoms with Crippen molar-refractivity contribution in [3.05, 3.63) is 34.9 Å². The molecule has 36 heavy (non-hydrogen) atoms. The minimum atomic E-state index is -0.147. The van der Waals surface area contributed by atoms with E-state index >= 15 is 0 Å². The van der Waals surface area contributed by atoms with Gasteiger partial charge >= 0.3 is 0 Å². The molecule has 5 rings (SSSR count). The SMILES string of the molecule is CC(C)CCC[C@@H](C)[C@H]1CC[C@H]2[C@@H]3CC[C@H]4[C@H](Cc5ccc(Cl)cc5)[C@@H](O)CC[C@]4(C)[C@H]3CC[C@]12C. The number of hydrogen-bond donors (Lipinski definition) is 1. The van der Waals surface area contributed by atoms with E-state index < -0.39 is 0 Å². The third kappa shape index (κ3) is 4.83. The maximum absolute atomic E-state index is 11.2. The predicted molar refractivity (Wildman–Crippen MR) is 153 cm³/mol. The highest BCUT2D eigenvalue weighted by Crippen LogP contribution is 2.69. The van der Waals surface area contributed by atoms with Crippen molar-refractivity contribution in [2.45, 2.75) is 118 Å². The maximum Gasteiger partial charge on any atom is 0.0574 e. The molecule has 4 saturated carbocycles. The van der Waals surface area contributed by atoms with Crippen LogP contribution in [0.5, 0.6) is 0 Å². The molecule has 0 aliphatic heterocycles. The van der Waals surface area contributed by atoms with Gasteiger partial charge in [0.1, 0.15) is 0 Å². The molecule has 4 aliphatic rings. The summed E-state index contributed by atoms with van der Waals surface area (Å²) in [7, 11) is 0. The first-order chi connectivity index (χ1) is 17.1. The summed E-state index contributed by atoms with van der Waals surface area (Å²) in [4.78, 5) is 0. The van der Waals surface area contributed by atoms with Gasteiger partial charge in [-0.2, -0.15) is 0 Å². The van der Waals surface area contributed by atoms with E-state index in [0.717, 1.165) is 53.4 Å². The molecule has 1 aromatic carbocycles. The van der Waals surface area contributed by atoms with Crippen LogP contribution in [-0.2, 0) is 6.42 Å². The quantitative estimate of drug-likeness (QED) is 0.385. The van der Waals surface area contributed by atoms with Crippen LogP contribution in [0.4, 0.5) is 0 Å². The number of benzene rings is 1. The Morgan fingerprint density at radius 3 is 2.22 bits per heavy atom. The van der Waals surface area contributed by atoms with Crippen LogP contribution in [0.15, 0.2) is 24.3 Å². The lowest BCUT2D eigenvalue weighted by Crippen LogP contribution is -2.57. The van der Waals surface area contributed by atoms with Gasteiger partial charge in [0, 0.05) is 5.02 Å². The van der Waals surface area contributed by atoms with Crippen LogP contribution in [0.25, 0.3) is 0 Å². The van der Waals surface area contributed by atoms with Gasteiger partial charge in [-0.25, -0.2) is 0 Å². The fourth-order valence-electron chi connectivity index (χ4n) is 10.7. The van der Waals surface area contributed by atoms with Crippen LogP contribution < -0.4 is 0 Å². The van der Waals surface area contributed by atoms with Gasteiger partial charge in [-0.1, -0.05) is 77.6 Å². The Morgan fingerprint density at radius 1 is 0.833 bits per heavy atom. The Morgan fingerprint density at radius 2 is 1.50 bits per heavy atom. The number of hydrogen-bond acceptors (Lipinski definition) is 1. The van der Waals surface area contributed by atoms with Gasteiger partial charge in [-0.15, -0.1) is 0 Å². The minimum Gasteiger partial charge on any atom is -0.393 e. The van der Waals surface area contributed by atoms with Gasteiger partial charge in [0.25, 0.3) is 0 Å². The summed E-state index contributed by atoms with van der Waals surface area (Å²) in [5.74, 6) is 6.45. The third-order valence-corrected chi connectivity index (χ3v) is 12.8. The van der Waals surface area contributed by atoms with Gasteiger partial charge in [0.2, 0.25) is 0 Å². The predicted octanol–water partition coefficient (Wildman–Crippen LogP) is 9.59. The lowest BCUT2D eigenvalue weighted by Gasteiger charge is -2.63. The third-order valence-electron chi connectivity index (χ3n) is 12.5. The Hall–Kier alpha value is -0.530. The maximum atomic E-state index is 11.2. The van der Waals surface area contributed by atoms with Crippen molar-refractivity contribution >= 4 is 11.6 Å². The molecule has 0 amide bonds. The monoisotopic (exact) mass is 512 g/mol. The molecule has 10 atom stereocenters. The minimum absolute atomic E-state index is 0.147. The largest absolute Gasteiger partial charge is 0.393 e. The average molecular weight is 513 g/mol. The Balaban J connectivity index is 1.31. The molecule has 0 unspecified atom stereocenters. The average Bonchev–Trinajstić information content (AvgIpc) is 3.19. The molecule has 0 bridgehead atoms. The van der Waals surface area contributed by atoms with Crippen molar-refractivity contribution in [2.24, 2.45) is 58.2 Å². The van der Waals surface area contributed by atoms with Gasteiger partial charge in [0.05, 0.1) is 6.10 Å². The molecular formula is C34H53ClO. The second-order valence-electron chi connectivity index (χ2n) is 14.7. The normalized spacial score (nSPS) is 43.1. The number of aliphatic hydroxyl groups is 1. The van der Waals surface area contributed by atoms with Crippen molar-refractivity contribution in [1.82, 2.24) is 0 Å². The molecule has 1 nitrogen and oxygen atoms in total. The molecule has 4 fully saturated rings. The molecular weight excluding hydrogens is 460 g/mol. The van der Waals surface area contributed by atoms with E-state index in [9.17, 15) is 5.11 Å². The second-order valence-corrected chi connectivity index (χ2v) is 15.1. The molecule has 0 spiro atoms. The molecule has 1 aromatic rings. The Labute approximate surface area is 227 Å². The first-order valence-corrected chi connectivity index (χ1v) is 15.9. The summed E-state index contributed by atoms with van der Waals surface area (Å²) >= 11 is 6.17. The van der Waals surface area contributed by atoms with E-state index in [1.54, 1.807) is 0 Å². The smallest absolute Gasteiger partial charge is 0.0574 e. The van der Waals surface area contributed by atoms with Gasteiger partial charge in [-0.05, 0) is 134 Å². The van der Waals surface area contributed by atoms with E-state index in [0.29, 0.717) is 22.7 Å². The summed E-state index contributed by atoms with van der Waals surface area (Å²) in [6.07, 6.45) is 15.9. The molecule has 1 N–H and O–H groups in total. The molecule has 2 heteroatoms. The fraction of sp³-hybridized carbons (Fsp3) is 0.824. The van der Waals surface area contributed by atoms with Crippen molar-refractivity contribution in [3.63, 3.8) is 0 Å². The van der Waals surface area contributed by atoms with Crippen LogP contribution >= 0.6 is 11.6 Å². The first-order valence-electron chi connectivity index (χ1n) is 15.6. The van der Waals surface area contributed by atoms with Crippen LogP contribution in [0.3, 0.4) is 0 Å². The number of halogens is 1. The van der Waals surface area contributed by atoms with Crippen LogP contribution in [0, 0.1) is 58.2 Å². The topological polar surface area (TPSA) is 20.2 Å². The zero-order chi connectivity index (χ0) is 25.7. The molecule has 0 radical (unpaired) electrons. The zero-order valence-electron chi connectivity index (χ0n) is 23.8. The highest BCUT2D eigenvalue weighted by atomic mass is 35.5. The Kier molecular flexibility index (Phi) is 7.94. The highest BCUT2D eigenvalue weighted by molar-refractivity contribution is 6.30. The summed E-state index contributed by atoms with van der Waals surface area (Å²) in [5, 5.41) is 12.0. The highest BCUT2D eigenvalue weighted by Gasteiger charge is 2.61. The first kappa shape index (κ1) is 27.1. The second kappa shape index (κ2) is 10.6. The summed E-state index contributed by atoms with van der Waals surface area (Å²) in [6, 6.07) is 8.40. The van der Waals surface area contributed by atoms with Crippen LogP contribution in [0.2, 0.25) is 5.02 Å². The van der Waals surface area contributed by atoms with E-state index in [4.69, 9.17) is 11.6 Å². The number of rotatable bonds is 7. The lowest BCUT2D eigenvalue weighted by molar-refractivity contribution is -0.152. The molecule has 0 heterocycles. The summed E-state index contributed by atoms with van der Waals surface area (Å²) in [5.41, 5.74) is 2.32.